The molecule has 1 aliphatic rings. The highest BCUT2D eigenvalue weighted by molar-refractivity contribution is 5.74. The minimum absolute atomic E-state index is 0.136. The van der Waals surface area contributed by atoms with Crippen molar-refractivity contribution in [3.8, 4) is 0 Å². The van der Waals surface area contributed by atoms with Crippen molar-refractivity contribution in [2.24, 2.45) is 7.05 Å². The van der Waals surface area contributed by atoms with Gasteiger partial charge in [0, 0.05) is 44.5 Å². The molecule has 8 nitrogen and oxygen atoms in total. The van der Waals surface area contributed by atoms with Gasteiger partial charge in [0.05, 0.1) is 6.54 Å². The van der Waals surface area contributed by atoms with Crippen molar-refractivity contribution in [2.45, 2.75) is 20.4 Å². The van der Waals surface area contributed by atoms with Crippen molar-refractivity contribution in [2.75, 3.05) is 36.0 Å². The van der Waals surface area contributed by atoms with E-state index in [0.717, 1.165) is 13.1 Å². The van der Waals surface area contributed by atoms with Crippen LogP contribution in [0.4, 0.5) is 16.0 Å². The Morgan fingerprint density at radius 3 is 2.29 bits per heavy atom. The number of aromatic amines is 1. The first-order valence-corrected chi connectivity index (χ1v) is 11.3. The Kier molecular flexibility index (Phi) is 5.47. The molecule has 0 amide bonds. The monoisotopic (exact) mass is 462 g/mol. The zero-order valence-electron chi connectivity index (χ0n) is 19.5. The third kappa shape index (κ3) is 3.87. The first kappa shape index (κ1) is 21.9. The Balaban J connectivity index is 1.53. The molecule has 9 heteroatoms. The van der Waals surface area contributed by atoms with Gasteiger partial charge in [0.1, 0.15) is 5.82 Å². The smallest absolute Gasteiger partial charge is 0.329 e. The number of halogens is 1. The quantitative estimate of drug-likeness (QED) is 0.504. The van der Waals surface area contributed by atoms with Crippen molar-refractivity contribution < 1.29 is 4.39 Å². The van der Waals surface area contributed by atoms with Gasteiger partial charge in [-0.2, -0.15) is 4.98 Å². The van der Waals surface area contributed by atoms with E-state index in [1.165, 1.54) is 27.4 Å². The van der Waals surface area contributed by atoms with E-state index in [9.17, 15) is 14.0 Å². The number of imidazole rings is 1. The number of hydrogen-bond donors (Lipinski definition) is 1. The van der Waals surface area contributed by atoms with Gasteiger partial charge < -0.3 is 9.80 Å². The summed E-state index contributed by atoms with van der Waals surface area (Å²) in [6, 6.07) is 13.0. The normalized spacial score (nSPS) is 14.2. The maximum absolute atomic E-state index is 14.5. The fourth-order valence-electron chi connectivity index (χ4n) is 4.71. The van der Waals surface area contributed by atoms with E-state index < -0.39 is 11.2 Å². The predicted molar refractivity (Wildman–Crippen MR) is 131 cm³/mol. The van der Waals surface area contributed by atoms with Crippen LogP contribution >= 0.6 is 0 Å². The largest absolute Gasteiger partial charge is 0.368 e. The molecule has 2 aromatic carbocycles. The molecule has 0 spiro atoms. The summed E-state index contributed by atoms with van der Waals surface area (Å²) in [6.45, 7) is 7.25. The van der Waals surface area contributed by atoms with Gasteiger partial charge >= 0.3 is 5.69 Å². The molecule has 1 N–H and O–H groups in total. The first-order chi connectivity index (χ1) is 16.3. The number of hydrogen-bond acceptors (Lipinski definition) is 5. The lowest BCUT2D eigenvalue weighted by Gasteiger charge is -2.37. The number of piperazine rings is 1. The fourth-order valence-corrected chi connectivity index (χ4v) is 4.71. The Bertz CT molecular complexity index is 1470. The number of anilines is 2. The van der Waals surface area contributed by atoms with Gasteiger partial charge in [-0.25, -0.2) is 9.18 Å². The minimum atomic E-state index is -0.528. The second-order valence-electron chi connectivity index (χ2n) is 8.90. The maximum atomic E-state index is 14.5. The Morgan fingerprint density at radius 1 is 0.971 bits per heavy atom. The Labute approximate surface area is 195 Å². The molecule has 176 valence electrons. The van der Waals surface area contributed by atoms with E-state index >= 15 is 0 Å². The molecule has 1 aliphatic heterocycles. The van der Waals surface area contributed by atoms with Crippen LogP contribution in [-0.4, -0.2) is 45.3 Å². The van der Waals surface area contributed by atoms with Crippen molar-refractivity contribution in [1.82, 2.24) is 19.1 Å². The van der Waals surface area contributed by atoms with Crippen LogP contribution in [0.25, 0.3) is 11.2 Å². The van der Waals surface area contributed by atoms with Gasteiger partial charge in [-0.05, 0) is 43.2 Å². The molecule has 3 heterocycles. The van der Waals surface area contributed by atoms with E-state index in [2.05, 4.69) is 46.8 Å². The van der Waals surface area contributed by atoms with Gasteiger partial charge in [-0.3, -0.25) is 18.9 Å². The highest BCUT2D eigenvalue weighted by Gasteiger charge is 2.25. The average Bonchev–Trinajstić information content (AvgIpc) is 3.18. The molecule has 0 aliphatic carbocycles. The predicted octanol–water partition coefficient (Wildman–Crippen LogP) is 2.55. The molecular formula is C25H27FN6O2. The molecule has 0 unspecified atom stereocenters. The number of aromatic nitrogens is 4. The molecule has 0 bridgehead atoms. The lowest BCUT2D eigenvalue weighted by molar-refractivity contribution is 0.593. The summed E-state index contributed by atoms with van der Waals surface area (Å²) in [5, 5.41) is 0. The summed E-state index contributed by atoms with van der Waals surface area (Å²) in [5.74, 6) is 0.209. The van der Waals surface area contributed by atoms with Gasteiger partial charge in [0.2, 0.25) is 5.95 Å². The standard InChI is InChI=1S/C25H27FN6O2/c1-16-12-17(2)14-19(13-16)30-8-10-31(11-9-30)24-27-22-21(23(33)28-25(34)29(22)3)32(24)15-18-6-4-5-7-20(18)26/h4-7,12-14H,8-11,15H2,1-3H3,(H,28,33,34). The summed E-state index contributed by atoms with van der Waals surface area (Å²) in [4.78, 5) is 36.5. The molecule has 4 aromatic rings. The van der Waals surface area contributed by atoms with E-state index in [0.29, 0.717) is 24.6 Å². The topological polar surface area (TPSA) is 79.2 Å². The SMILES string of the molecule is Cc1cc(C)cc(N2CCN(c3nc4c(c(=O)[nH]c(=O)n4C)n3Cc3ccccc3F)CC2)c1. The van der Waals surface area contributed by atoms with Crippen molar-refractivity contribution in [3.63, 3.8) is 0 Å². The lowest BCUT2D eigenvalue weighted by atomic mass is 10.1. The van der Waals surface area contributed by atoms with Gasteiger partial charge in [-0.15, -0.1) is 0 Å². The number of H-pyrrole nitrogens is 1. The summed E-state index contributed by atoms with van der Waals surface area (Å²) in [5.41, 5.74) is 3.59. The summed E-state index contributed by atoms with van der Waals surface area (Å²) < 4.78 is 17.6. The van der Waals surface area contributed by atoms with Crippen molar-refractivity contribution >= 4 is 22.8 Å². The van der Waals surface area contributed by atoms with Gasteiger partial charge in [-0.1, -0.05) is 24.3 Å². The molecule has 1 saturated heterocycles. The second kappa shape index (κ2) is 8.48. The van der Waals surface area contributed by atoms with Crippen LogP contribution in [0.1, 0.15) is 16.7 Å². The summed E-state index contributed by atoms with van der Waals surface area (Å²) >= 11 is 0. The van der Waals surface area contributed by atoms with E-state index in [1.807, 2.05) is 0 Å². The Morgan fingerprint density at radius 2 is 1.62 bits per heavy atom. The molecular weight excluding hydrogens is 435 g/mol. The van der Waals surface area contributed by atoms with Crippen LogP contribution in [0.2, 0.25) is 0 Å². The van der Waals surface area contributed by atoms with Crippen LogP contribution in [0, 0.1) is 19.7 Å². The average molecular weight is 463 g/mol. The number of fused-ring (bicyclic) bond motifs is 1. The second-order valence-corrected chi connectivity index (χ2v) is 8.90. The minimum Gasteiger partial charge on any atom is -0.368 e. The molecule has 0 radical (unpaired) electrons. The zero-order chi connectivity index (χ0) is 24.0. The van der Waals surface area contributed by atoms with Crippen LogP contribution in [0.15, 0.2) is 52.1 Å². The van der Waals surface area contributed by atoms with E-state index in [1.54, 1.807) is 29.8 Å². The number of nitrogens with one attached hydrogen (secondary N) is 1. The molecule has 5 rings (SSSR count). The number of aryl methyl sites for hydroxylation is 3. The highest BCUT2D eigenvalue weighted by atomic mass is 19.1. The van der Waals surface area contributed by atoms with E-state index in [4.69, 9.17) is 4.98 Å². The lowest BCUT2D eigenvalue weighted by Crippen LogP contribution is -2.47. The molecule has 1 fully saturated rings. The number of nitrogens with zero attached hydrogens (tertiary/aromatic N) is 5. The van der Waals surface area contributed by atoms with Crippen LogP contribution in [-0.2, 0) is 13.6 Å². The maximum Gasteiger partial charge on any atom is 0.329 e. The van der Waals surface area contributed by atoms with E-state index in [-0.39, 0.29) is 23.5 Å². The summed E-state index contributed by atoms with van der Waals surface area (Å²) in [6.07, 6.45) is 0. The van der Waals surface area contributed by atoms with Crippen molar-refractivity contribution in [1.29, 1.82) is 0 Å². The van der Waals surface area contributed by atoms with Crippen LogP contribution in [0.3, 0.4) is 0 Å². The highest BCUT2D eigenvalue weighted by Crippen LogP contribution is 2.25. The van der Waals surface area contributed by atoms with Crippen molar-refractivity contribution in [3.05, 3.63) is 85.8 Å². The first-order valence-electron chi connectivity index (χ1n) is 11.3. The third-order valence-corrected chi connectivity index (χ3v) is 6.41. The number of rotatable bonds is 4. The molecule has 0 saturated carbocycles. The van der Waals surface area contributed by atoms with Gasteiger partial charge in [0.15, 0.2) is 11.2 Å². The third-order valence-electron chi connectivity index (χ3n) is 6.41. The fraction of sp³-hybridized carbons (Fsp3) is 0.320. The Hall–Kier alpha value is -3.88. The molecule has 0 atom stereocenters. The zero-order valence-corrected chi connectivity index (χ0v) is 19.5. The number of benzene rings is 2. The van der Waals surface area contributed by atoms with Gasteiger partial charge in [0.25, 0.3) is 5.56 Å². The van der Waals surface area contributed by atoms with Crippen LogP contribution < -0.4 is 21.0 Å². The molecule has 34 heavy (non-hydrogen) atoms. The molecule has 2 aromatic heterocycles. The van der Waals surface area contributed by atoms with Crippen LogP contribution in [0.5, 0.6) is 0 Å². The summed E-state index contributed by atoms with van der Waals surface area (Å²) in [7, 11) is 1.57.